The van der Waals surface area contributed by atoms with Crippen molar-refractivity contribution in [3.05, 3.63) is 66.5 Å². The van der Waals surface area contributed by atoms with Crippen molar-refractivity contribution in [1.82, 2.24) is 19.6 Å². The van der Waals surface area contributed by atoms with Crippen LogP contribution >= 0.6 is 0 Å². The summed E-state index contributed by atoms with van der Waals surface area (Å²) in [7, 11) is 0. The van der Waals surface area contributed by atoms with Gasteiger partial charge in [-0.3, -0.25) is 4.79 Å². The number of anilines is 3. The normalized spacial score (nSPS) is 10.7. The smallest absolute Gasteiger partial charge is 0.245 e. The fourth-order valence-electron chi connectivity index (χ4n) is 2.82. The number of carbonyl (C=O) groups is 1. The number of hydrogen-bond acceptors (Lipinski definition) is 5. The van der Waals surface area contributed by atoms with Crippen LogP contribution in [-0.4, -0.2) is 25.5 Å². The van der Waals surface area contributed by atoms with Gasteiger partial charge in [-0.25, -0.2) is 14.5 Å². The fraction of sp³-hybridized carbons (Fsp3) is 0.100. The van der Waals surface area contributed by atoms with Gasteiger partial charge in [0.15, 0.2) is 5.82 Å². The Bertz CT molecular complexity index is 1100. The summed E-state index contributed by atoms with van der Waals surface area (Å²) in [6.07, 6.45) is 1.76. The number of nitrogens with zero attached hydrogens (tertiary/aromatic N) is 4. The van der Waals surface area contributed by atoms with Gasteiger partial charge < -0.3 is 10.6 Å². The van der Waals surface area contributed by atoms with Crippen molar-refractivity contribution < 1.29 is 4.79 Å². The molecule has 4 rings (SSSR count). The topological polar surface area (TPSA) is 84.2 Å². The molecule has 2 aromatic heterocycles. The van der Waals surface area contributed by atoms with E-state index in [9.17, 15) is 4.79 Å². The van der Waals surface area contributed by atoms with Crippen LogP contribution in [0.25, 0.3) is 16.9 Å². The van der Waals surface area contributed by atoms with Crippen LogP contribution in [-0.2, 0) is 4.79 Å². The van der Waals surface area contributed by atoms with E-state index in [0.29, 0.717) is 5.95 Å². The molecule has 4 aromatic rings. The predicted octanol–water partition coefficient (Wildman–Crippen LogP) is 3.80. The molecular formula is C20H18N6O. The first-order valence-corrected chi connectivity index (χ1v) is 8.52. The Kier molecular flexibility index (Phi) is 4.25. The van der Waals surface area contributed by atoms with Crippen LogP contribution in [0, 0.1) is 6.92 Å². The molecule has 7 heteroatoms. The highest BCUT2D eigenvalue weighted by molar-refractivity contribution is 5.88. The minimum Gasteiger partial charge on any atom is -0.326 e. The molecule has 0 saturated carbocycles. The number of amides is 1. The number of aromatic nitrogens is 4. The molecule has 1 amide bonds. The molecule has 2 heterocycles. The Morgan fingerprint density at radius 2 is 1.70 bits per heavy atom. The van der Waals surface area contributed by atoms with Crippen LogP contribution in [0.2, 0.25) is 0 Å². The molecule has 7 nitrogen and oxygen atoms in total. The molecule has 27 heavy (non-hydrogen) atoms. The molecular weight excluding hydrogens is 340 g/mol. The van der Waals surface area contributed by atoms with E-state index in [0.717, 1.165) is 34.0 Å². The summed E-state index contributed by atoms with van der Waals surface area (Å²) < 4.78 is 1.80. The van der Waals surface area contributed by atoms with E-state index in [4.69, 9.17) is 0 Å². The van der Waals surface area contributed by atoms with Crippen molar-refractivity contribution in [2.45, 2.75) is 13.8 Å². The van der Waals surface area contributed by atoms with Crippen LogP contribution < -0.4 is 10.6 Å². The lowest BCUT2D eigenvalue weighted by molar-refractivity contribution is -0.114. The maximum atomic E-state index is 11.1. The highest BCUT2D eigenvalue weighted by Crippen LogP contribution is 2.22. The third kappa shape index (κ3) is 3.48. The molecule has 0 radical (unpaired) electrons. The second-order valence-electron chi connectivity index (χ2n) is 6.15. The molecule has 2 aromatic carbocycles. The summed E-state index contributed by atoms with van der Waals surface area (Å²) in [5, 5.41) is 10.5. The van der Waals surface area contributed by atoms with E-state index >= 15 is 0 Å². The average Bonchev–Trinajstić information content (AvgIpc) is 3.00. The summed E-state index contributed by atoms with van der Waals surface area (Å²) in [5.74, 6) is 1.13. The van der Waals surface area contributed by atoms with Gasteiger partial charge in [0, 0.05) is 23.9 Å². The molecule has 0 saturated heterocycles. The standard InChI is InChI=1S/C20H18N6O/c1-13-18-12-21-20(24-17-10-8-16(9-11-17)23-14(2)27)25-26(18)19(22-13)15-6-4-3-5-7-15/h3-12H,1-2H3,(H,23,27)(H,24,25). The Balaban J connectivity index is 1.66. The molecule has 0 aliphatic rings. The van der Waals surface area contributed by atoms with E-state index in [2.05, 4.69) is 25.7 Å². The summed E-state index contributed by atoms with van der Waals surface area (Å²) in [4.78, 5) is 20.1. The second kappa shape index (κ2) is 6.87. The first-order valence-electron chi connectivity index (χ1n) is 8.52. The Morgan fingerprint density at radius 3 is 2.41 bits per heavy atom. The largest absolute Gasteiger partial charge is 0.326 e. The van der Waals surface area contributed by atoms with Crippen LogP contribution in [0.15, 0.2) is 60.8 Å². The zero-order chi connectivity index (χ0) is 18.8. The molecule has 0 spiro atoms. The lowest BCUT2D eigenvalue weighted by Gasteiger charge is -2.07. The first kappa shape index (κ1) is 16.7. The summed E-state index contributed by atoms with van der Waals surface area (Å²) >= 11 is 0. The molecule has 0 bridgehead atoms. The highest BCUT2D eigenvalue weighted by Gasteiger charge is 2.12. The Morgan fingerprint density at radius 1 is 1.00 bits per heavy atom. The first-order chi connectivity index (χ1) is 13.1. The van der Waals surface area contributed by atoms with E-state index in [1.165, 1.54) is 6.92 Å². The molecule has 0 unspecified atom stereocenters. The van der Waals surface area contributed by atoms with Crippen molar-refractivity contribution in [2.24, 2.45) is 0 Å². The predicted molar refractivity (Wildman–Crippen MR) is 105 cm³/mol. The van der Waals surface area contributed by atoms with Crippen LogP contribution in [0.1, 0.15) is 12.6 Å². The number of carbonyl (C=O) groups excluding carboxylic acids is 1. The molecule has 0 aliphatic carbocycles. The summed E-state index contributed by atoms with van der Waals surface area (Å²) in [6, 6.07) is 17.3. The Hall–Kier alpha value is -3.74. The van der Waals surface area contributed by atoms with Gasteiger partial charge in [-0.15, -0.1) is 5.10 Å². The quantitative estimate of drug-likeness (QED) is 0.580. The number of imidazole rings is 1. The summed E-state index contributed by atoms with van der Waals surface area (Å²) in [5.41, 5.74) is 4.29. The highest BCUT2D eigenvalue weighted by atomic mass is 16.1. The average molecular weight is 358 g/mol. The van der Waals surface area contributed by atoms with Crippen molar-refractivity contribution in [2.75, 3.05) is 10.6 Å². The van der Waals surface area contributed by atoms with E-state index in [1.54, 1.807) is 10.7 Å². The lowest BCUT2D eigenvalue weighted by Crippen LogP contribution is -2.06. The maximum absolute atomic E-state index is 11.1. The van der Waals surface area contributed by atoms with Crippen LogP contribution in [0.4, 0.5) is 17.3 Å². The molecule has 0 atom stereocenters. The monoisotopic (exact) mass is 358 g/mol. The van der Waals surface area contributed by atoms with Gasteiger partial charge >= 0.3 is 0 Å². The maximum Gasteiger partial charge on any atom is 0.245 e. The number of rotatable bonds is 4. The SMILES string of the molecule is CC(=O)Nc1ccc(Nc2ncc3c(C)nc(-c4ccccc4)n3n2)cc1. The number of aryl methyl sites for hydroxylation is 1. The minimum absolute atomic E-state index is 0.103. The minimum atomic E-state index is -0.103. The fourth-order valence-corrected chi connectivity index (χ4v) is 2.82. The van der Waals surface area contributed by atoms with Gasteiger partial charge in [0.25, 0.3) is 0 Å². The third-order valence-corrected chi connectivity index (χ3v) is 4.07. The number of nitrogens with one attached hydrogen (secondary N) is 2. The third-order valence-electron chi connectivity index (χ3n) is 4.07. The number of hydrogen-bond donors (Lipinski definition) is 2. The van der Waals surface area contributed by atoms with Crippen molar-refractivity contribution in [3.8, 4) is 11.4 Å². The van der Waals surface area contributed by atoms with Gasteiger partial charge in [0.05, 0.1) is 11.9 Å². The zero-order valence-electron chi connectivity index (χ0n) is 15.0. The van der Waals surface area contributed by atoms with E-state index < -0.39 is 0 Å². The second-order valence-corrected chi connectivity index (χ2v) is 6.15. The zero-order valence-corrected chi connectivity index (χ0v) is 15.0. The van der Waals surface area contributed by atoms with Gasteiger partial charge in [-0.2, -0.15) is 0 Å². The number of benzene rings is 2. The molecule has 134 valence electrons. The van der Waals surface area contributed by atoms with E-state index in [1.807, 2.05) is 61.5 Å². The Labute approximate surface area is 156 Å². The van der Waals surface area contributed by atoms with Crippen LogP contribution in [0.5, 0.6) is 0 Å². The molecule has 0 fully saturated rings. The van der Waals surface area contributed by atoms with Gasteiger partial charge in [-0.1, -0.05) is 30.3 Å². The number of fused-ring (bicyclic) bond motifs is 1. The van der Waals surface area contributed by atoms with Gasteiger partial charge in [0.1, 0.15) is 5.52 Å². The van der Waals surface area contributed by atoms with Crippen LogP contribution in [0.3, 0.4) is 0 Å². The van der Waals surface area contributed by atoms with E-state index in [-0.39, 0.29) is 5.91 Å². The van der Waals surface area contributed by atoms with Gasteiger partial charge in [0.2, 0.25) is 11.9 Å². The van der Waals surface area contributed by atoms with Crippen molar-refractivity contribution in [1.29, 1.82) is 0 Å². The van der Waals surface area contributed by atoms with Gasteiger partial charge in [-0.05, 0) is 31.2 Å². The van der Waals surface area contributed by atoms with Crippen molar-refractivity contribution in [3.63, 3.8) is 0 Å². The molecule has 0 aliphatic heterocycles. The molecule has 2 N–H and O–H groups in total. The van der Waals surface area contributed by atoms with Crippen molar-refractivity contribution >= 4 is 28.7 Å². The summed E-state index contributed by atoms with van der Waals surface area (Å²) in [6.45, 7) is 3.42. The lowest BCUT2D eigenvalue weighted by atomic mass is 10.2.